The highest BCUT2D eigenvalue weighted by molar-refractivity contribution is 5.84. The van der Waals surface area contributed by atoms with Crippen LogP contribution >= 0.6 is 0 Å². The Morgan fingerprint density at radius 1 is 1.09 bits per heavy atom. The fourth-order valence-corrected chi connectivity index (χ4v) is 3.74. The summed E-state index contributed by atoms with van der Waals surface area (Å²) in [6, 6.07) is 14.2. The highest BCUT2D eigenvalue weighted by Crippen LogP contribution is 2.27. The van der Waals surface area contributed by atoms with Gasteiger partial charge in [0.25, 0.3) is 5.56 Å². The summed E-state index contributed by atoms with van der Waals surface area (Å²) in [5, 5.41) is 3.37. The van der Waals surface area contributed by atoms with E-state index in [-0.39, 0.29) is 5.69 Å². The third-order valence-electron chi connectivity index (χ3n) is 5.27. The van der Waals surface area contributed by atoms with E-state index in [1.54, 1.807) is 7.11 Å². The van der Waals surface area contributed by atoms with Crippen LogP contribution in [0.4, 0.5) is 5.69 Å². The molecule has 0 fully saturated rings. The number of hydrogen-bond acceptors (Lipinski definition) is 6. The molecular formula is C25H31N5O3. The Hall–Kier alpha value is -3.52. The first-order chi connectivity index (χ1) is 16.1. The van der Waals surface area contributed by atoms with Gasteiger partial charge in [0.1, 0.15) is 0 Å². The number of anilines is 1. The SMILES string of the molecule is CC.COCCNc1cc2c(cc1C)nc1c(=O)[nH]c(=O)nc-1n2CCCc1ccccc1. The maximum Gasteiger partial charge on any atom is 0.349 e. The van der Waals surface area contributed by atoms with Crippen LogP contribution in [0.2, 0.25) is 0 Å². The van der Waals surface area contributed by atoms with Gasteiger partial charge < -0.3 is 14.6 Å². The van der Waals surface area contributed by atoms with Gasteiger partial charge >= 0.3 is 5.69 Å². The average molecular weight is 450 g/mol. The summed E-state index contributed by atoms with van der Waals surface area (Å²) in [5.74, 6) is 0.306. The molecule has 2 heterocycles. The minimum atomic E-state index is -0.666. The highest BCUT2D eigenvalue weighted by atomic mass is 16.5. The predicted molar refractivity (Wildman–Crippen MR) is 132 cm³/mol. The summed E-state index contributed by atoms with van der Waals surface area (Å²) in [6.45, 7) is 7.84. The van der Waals surface area contributed by atoms with Gasteiger partial charge in [-0.1, -0.05) is 44.2 Å². The van der Waals surface area contributed by atoms with Crippen molar-refractivity contribution in [2.75, 3.05) is 25.6 Å². The molecule has 4 rings (SSSR count). The molecule has 0 aromatic heterocycles. The number of methoxy groups -OCH3 is 1. The Labute approximate surface area is 193 Å². The number of aryl methyl sites for hydroxylation is 3. The fraction of sp³-hybridized carbons (Fsp3) is 0.360. The third-order valence-corrected chi connectivity index (χ3v) is 5.27. The molecule has 2 aliphatic rings. The molecule has 0 bridgehead atoms. The number of benzene rings is 2. The van der Waals surface area contributed by atoms with Crippen molar-refractivity contribution in [1.82, 2.24) is 19.5 Å². The summed E-state index contributed by atoms with van der Waals surface area (Å²) in [4.78, 5) is 35.2. The Bertz CT molecular complexity index is 1280. The van der Waals surface area contributed by atoms with Gasteiger partial charge in [0.2, 0.25) is 0 Å². The normalized spacial score (nSPS) is 10.8. The number of ether oxygens (including phenoxy) is 1. The largest absolute Gasteiger partial charge is 0.383 e. The van der Waals surface area contributed by atoms with Gasteiger partial charge in [-0.2, -0.15) is 4.98 Å². The van der Waals surface area contributed by atoms with Crippen LogP contribution in [0.25, 0.3) is 22.6 Å². The van der Waals surface area contributed by atoms with E-state index >= 15 is 0 Å². The molecule has 0 spiro atoms. The second-order valence-corrected chi connectivity index (χ2v) is 7.47. The van der Waals surface area contributed by atoms with Gasteiger partial charge in [-0.05, 0) is 43.0 Å². The van der Waals surface area contributed by atoms with Crippen LogP contribution in [0, 0.1) is 6.92 Å². The number of fused-ring (bicyclic) bond motifs is 2. The van der Waals surface area contributed by atoms with Crippen LogP contribution in [-0.4, -0.2) is 39.8 Å². The zero-order chi connectivity index (χ0) is 23.8. The van der Waals surface area contributed by atoms with Crippen molar-refractivity contribution in [2.45, 2.75) is 40.2 Å². The van der Waals surface area contributed by atoms with Gasteiger partial charge in [-0.25, -0.2) is 9.78 Å². The molecular weight excluding hydrogens is 418 g/mol. The van der Waals surface area contributed by atoms with E-state index in [0.717, 1.165) is 29.6 Å². The molecule has 8 heteroatoms. The van der Waals surface area contributed by atoms with E-state index in [1.807, 2.05) is 55.7 Å². The van der Waals surface area contributed by atoms with Crippen LogP contribution in [0.5, 0.6) is 0 Å². The average Bonchev–Trinajstić information content (AvgIpc) is 2.82. The Kier molecular flexibility index (Phi) is 8.32. The van der Waals surface area contributed by atoms with E-state index in [0.29, 0.717) is 31.0 Å². The second-order valence-electron chi connectivity index (χ2n) is 7.47. The van der Waals surface area contributed by atoms with Gasteiger partial charge in [0.15, 0.2) is 11.5 Å². The Morgan fingerprint density at radius 3 is 2.58 bits per heavy atom. The second kappa shape index (κ2) is 11.4. The standard InChI is InChI=1S/C23H25N5O3.C2H6/c1-15-13-18-19(14-17(15)24-10-12-31-2)28(11-6-9-16-7-4-3-5-8-16)21-20(25-18)22(29)27-23(30)26-21;1-2/h3-5,7-8,13-14,24H,6,9-12H2,1-2H3,(H,27,29,30);1-2H3. The quantitative estimate of drug-likeness (QED) is 0.315. The van der Waals surface area contributed by atoms with E-state index in [1.165, 1.54) is 5.56 Å². The maximum absolute atomic E-state index is 12.4. The van der Waals surface area contributed by atoms with Crippen LogP contribution in [0.3, 0.4) is 0 Å². The Balaban J connectivity index is 0.00000149. The predicted octanol–water partition coefficient (Wildman–Crippen LogP) is 3.61. The van der Waals surface area contributed by atoms with Crippen LogP contribution < -0.4 is 16.6 Å². The first-order valence-electron chi connectivity index (χ1n) is 11.3. The monoisotopic (exact) mass is 449 g/mol. The third kappa shape index (κ3) is 5.64. The van der Waals surface area contributed by atoms with Gasteiger partial charge in [0, 0.05) is 25.9 Å². The lowest BCUT2D eigenvalue weighted by Gasteiger charge is -2.19. The molecule has 0 radical (unpaired) electrons. The van der Waals surface area contributed by atoms with E-state index < -0.39 is 11.2 Å². The number of hydrogen-bond donors (Lipinski definition) is 2. The molecule has 0 amide bonds. The number of nitrogens with one attached hydrogen (secondary N) is 2. The van der Waals surface area contributed by atoms with Gasteiger partial charge in [-0.3, -0.25) is 9.78 Å². The molecule has 2 N–H and O–H groups in total. The first kappa shape index (κ1) is 24.1. The van der Waals surface area contributed by atoms with Crippen molar-refractivity contribution in [3.8, 4) is 11.5 Å². The Morgan fingerprint density at radius 2 is 1.85 bits per heavy atom. The molecule has 0 unspecified atom stereocenters. The molecule has 174 valence electrons. The van der Waals surface area contributed by atoms with E-state index in [4.69, 9.17) is 4.74 Å². The molecule has 0 atom stereocenters. The van der Waals surface area contributed by atoms with Gasteiger partial charge in [-0.15, -0.1) is 0 Å². The fourth-order valence-electron chi connectivity index (χ4n) is 3.74. The van der Waals surface area contributed by atoms with Gasteiger partial charge in [0.05, 0.1) is 17.6 Å². The number of nitrogens with zero attached hydrogens (tertiary/aromatic N) is 3. The number of aromatic amines is 1. The molecule has 2 aromatic rings. The summed E-state index contributed by atoms with van der Waals surface area (Å²) >= 11 is 0. The zero-order valence-corrected chi connectivity index (χ0v) is 19.6. The molecule has 8 nitrogen and oxygen atoms in total. The lowest BCUT2D eigenvalue weighted by Crippen LogP contribution is -2.29. The lowest BCUT2D eigenvalue weighted by molar-refractivity contribution is 0.211. The summed E-state index contributed by atoms with van der Waals surface area (Å²) in [5.41, 5.74) is 3.70. The van der Waals surface area contributed by atoms with Crippen molar-refractivity contribution in [2.24, 2.45) is 0 Å². The smallest absolute Gasteiger partial charge is 0.349 e. The van der Waals surface area contributed by atoms with Crippen LogP contribution in [0.1, 0.15) is 31.4 Å². The zero-order valence-electron chi connectivity index (χ0n) is 19.6. The summed E-state index contributed by atoms with van der Waals surface area (Å²) in [6.07, 6.45) is 1.70. The minimum absolute atomic E-state index is 0.173. The molecule has 0 aliphatic carbocycles. The van der Waals surface area contributed by atoms with Crippen molar-refractivity contribution in [1.29, 1.82) is 0 Å². The van der Waals surface area contributed by atoms with E-state index in [9.17, 15) is 9.59 Å². The number of aromatic nitrogens is 4. The number of H-pyrrole nitrogens is 1. The van der Waals surface area contributed by atoms with Crippen LogP contribution in [-0.2, 0) is 17.7 Å². The maximum atomic E-state index is 12.4. The molecule has 0 saturated carbocycles. The van der Waals surface area contributed by atoms with Crippen molar-refractivity contribution >= 4 is 16.7 Å². The molecule has 33 heavy (non-hydrogen) atoms. The molecule has 2 aliphatic heterocycles. The number of rotatable bonds is 8. The van der Waals surface area contributed by atoms with Crippen molar-refractivity contribution in [3.05, 3.63) is 74.4 Å². The summed E-state index contributed by atoms with van der Waals surface area (Å²) in [7, 11) is 1.66. The minimum Gasteiger partial charge on any atom is -0.383 e. The topological polar surface area (TPSA) is 102 Å². The molecule has 0 saturated heterocycles. The van der Waals surface area contributed by atoms with Crippen molar-refractivity contribution in [3.63, 3.8) is 0 Å². The highest BCUT2D eigenvalue weighted by Gasteiger charge is 2.19. The lowest BCUT2D eigenvalue weighted by atomic mass is 10.1. The van der Waals surface area contributed by atoms with Crippen LogP contribution in [0.15, 0.2) is 52.1 Å². The van der Waals surface area contributed by atoms with E-state index in [2.05, 4.69) is 32.4 Å². The van der Waals surface area contributed by atoms with Crippen molar-refractivity contribution < 1.29 is 4.74 Å². The summed E-state index contributed by atoms with van der Waals surface area (Å²) < 4.78 is 7.06. The first-order valence-corrected chi connectivity index (χ1v) is 11.3. The molecule has 2 aromatic carbocycles.